The maximum atomic E-state index is 11.9. The molecule has 24 heavy (non-hydrogen) atoms. The van der Waals surface area contributed by atoms with E-state index >= 15 is 0 Å². The molecule has 1 unspecified atom stereocenters. The van der Waals surface area contributed by atoms with Crippen molar-refractivity contribution in [2.45, 2.75) is 45.6 Å². The van der Waals surface area contributed by atoms with Gasteiger partial charge in [0.1, 0.15) is 0 Å². The van der Waals surface area contributed by atoms with Gasteiger partial charge in [0, 0.05) is 11.6 Å². The molecule has 0 spiro atoms. The quantitative estimate of drug-likeness (QED) is 0.722. The highest BCUT2D eigenvalue weighted by atomic mass is 35.5. The lowest BCUT2D eigenvalue weighted by molar-refractivity contribution is 0.189. The normalized spacial score (nSPS) is 17.5. The second-order valence-electron chi connectivity index (χ2n) is 6.90. The van der Waals surface area contributed by atoms with Gasteiger partial charge in [-0.25, -0.2) is 4.79 Å². The van der Waals surface area contributed by atoms with Crippen LogP contribution in [0.15, 0.2) is 24.3 Å². The van der Waals surface area contributed by atoms with Crippen LogP contribution >= 0.6 is 11.6 Å². The van der Waals surface area contributed by atoms with Crippen molar-refractivity contribution in [3.05, 3.63) is 34.9 Å². The Hall–Kier alpha value is -1.26. The zero-order valence-electron chi connectivity index (χ0n) is 14.9. The van der Waals surface area contributed by atoms with Crippen molar-refractivity contribution in [2.75, 3.05) is 26.2 Å². The van der Waals surface area contributed by atoms with Crippen molar-refractivity contribution >= 4 is 17.6 Å². The van der Waals surface area contributed by atoms with Crippen LogP contribution in [0.1, 0.15) is 51.1 Å². The predicted octanol–water partition coefficient (Wildman–Crippen LogP) is 4.21. The van der Waals surface area contributed by atoms with E-state index in [9.17, 15) is 4.79 Å². The SMILES string of the molecule is CC1CCN(CCCCNC(=O)NC(C)c2ccc(Cl)cc2)CC1. The Morgan fingerprint density at radius 2 is 1.92 bits per heavy atom. The summed E-state index contributed by atoms with van der Waals surface area (Å²) in [6, 6.07) is 7.42. The third kappa shape index (κ3) is 6.70. The Bertz CT molecular complexity index is 498. The zero-order valence-corrected chi connectivity index (χ0v) is 15.6. The first kappa shape index (κ1) is 19.1. The number of amides is 2. The van der Waals surface area contributed by atoms with Gasteiger partial charge in [0.05, 0.1) is 6.04 Å². The summed E-state index contributed by atoms with van der Waals surface area (Å²) in [4.78, 5) is 14.5. The first-order chi connectivity index (χ1) is 11.5. The first-order valence-corrected chi connectivity index (χ1v) is 9.44. The summed E-state index contributed by atoms with van der Waals surface area (Å²) in [5.74, 6) is 0.884. The van der Waals surface area contributed by atoms with Crippen LogP contribution in [-0.2, 0) is 0 Å². The molecule has 1 heterocycles. The fraction of sp³-hybridized carbons (Fsp3) is 0.632. The van der Waals surface area contributed by atoms with Crippen LogP contribution in [0.2, 0.25) is 5.02 Å². The molecule has 2 amide bonds. The van der Waals surface area contributed by atoms with Crippen LogP contribution in [0.3, 0.4) is 0 Å². The molecule has 2 rings (SSSR count). The lowest BCUT2D eigenvalue weighted by Crippen LogP contribution is -2.38. The smallest absolute Gasteiger partial charge is 0.315 e. The fourth-order valence-corrected chi connectivity index (χ4v) is 3.16. The Morgan fingerprint density at radius 1 is 1.25 bits per heavy atom. The molecule has 1 aromatic carbocycles. The van der Waals surface area contributed by atoms with Gasteiger partial charge in [0.25, 0.3) is 0 Å². The second-order valence-corrected chi connectivity index (χ2v) is 7.34. The third-order valence-corrected chi connectivity index (χ3v) is 5.03. The molecule has 5 heteroatoms. The number of benzene rings is 1. The summed E-state index contributed by atoms with van der Waals surface area (Å²) in [7, 11) is 0. The van der Waals surface area contributed by atoms with Gasteiger partial charge < -0.3 is 15.5 Å². The van der Waals surface area contributed by atoms with Gasteiger partial charge in [-0.1, -0.05) is 30.7 Å². The lowest BCUT2D eigenvalue weighted by Gasteiger charge is -2.30. The van der Waals surface area contributed by atoms with E-state index in [1.807, 2.05) is 31.2 Å². The molecule has 1 saturated heterocycles. The number of unbranched alkanes of at least 4 members (excludes halogenated alkanes) is 1. The minimum Gasteiger partial charge on any atom is -0.338 e. The van der Waals surface area contributed by atoms with E-state index < -0.39 is 0 Å². The van der Waals surface area contributed by atoms with Crippen LogP contribution in [0.4, 0.5) is 4.79 Å². The lowest BCUT2D eigenvalue weighted by atomic mass is 9.99. The van der Waals surface area contributed by atoms with E-state index in [1.54, 1.807) is 0 Å². The van der Waals surface area contributed by atoms with E-state index in [0.717, 1.165) is 37.4 Å². The topological polar surface area (TPSA) is 44.4 Å². The van der Waals surface area contributed by atoms with E-state index in [1.165, 1.54) is 25.9 Å². The first-order valence-electron chi connectivity index (χ1n) is 9.07. The summed E-state index contributed by atoms with van der Waals surface area (Å²) in [6.45, 7) is 8.65. The molecule has 0 aromatic heterocycles. The summed E-state index contributed by atoms with van der Waals surface area (Å²) in [5.41, 5.74) is 1.05. The Balaban J connectivity index is 1.55. The molecule has 0 radical (unpaired) electrons. The molecular formula is C19H30ClN3O. The maximum Gasteiger partial charge on any atom is 0.315 e. The van der Waals surface area contributed by atoms with Crippen molar-refractivity contribution in [3.8, 4) is 0 Å². The van der Waals surface area contributed by atoms with Gasteiger partial charge >= 0.3 is 6.03 Å². The number of likely N-dealkylation sites (tertiary alicyclic amines) is 1. The standard InChI is InChI=1S/C19H30ClN3O/c1-15-9-13-23(14-10-15)12-4-3-11-21-19(24)22-16(2)17-5-7-18(20)8-6-17/h5-8,15-16H,3-4,9-14H2,1-2H3,(H2,21,22,24). The number of piperidine rings is 1. The number of carbonyl (C=O) groups excluding carboxylic acids is 1. The summed E-state index contributed by atoms with van der Waals surface area (Å²) in [6.07, 6.45) is 4.81. The number of nitrogens with zero attached hydrogens (tertiary/aromatic N) is 1. The summed E-state index contributed by atoms with van der Waals surface area (Å²) >= 11 is 5.88. The molecule has 134 valence electrons. The summed E-state index contributed by atoms with van der Waals surface area (Å²) < 4.78 is 0. The maximum absolute atomic E-state index is 11.9. The van der Waals surface area contributed by atoms with Crippen molar-refractivity contribution in [2.24, 2.45) is 5.92 Å². The van der Waals surface area contributed by atoms with Crippen molar-refractivity contribution in [1.82, 2.24) is 15.5 Å². The molecular weight excluding hydrogens is 322 g/mol. The van der Waals surface area contributed by atoms with Crippen LogP contribution in [-0.4, -0.2) is 37.1 Å². The average molecular weight is 352 g/mol. The van der Waals surface area contributed by atoms with Crippen molar-refractivity contribution < 1.29 is 4.79 Å². The number of rotatable bonds is 7. The van der Waals surface area contributed by atoms with E-state index in [4.69, 9.17) is 11.6 Å². The van der Waals surface area contributed by atoms with Crippen molar-refractivity contribution in [1.29, 1.82) is 0 Å². The number of carbonyl (C=O) groups is 1. The largest absolute Gasteiger partial charge is 0.338 e. The van der Waals surface area contributed by atoms with Gasteiger partial charge in [-0.3, -0.25) is 0 Å². The number of halogens is 1. The van der Waals surface area contributed by atoms with Gasteiger partial charge in [0.15, 0.2) is 0 Å². The van der Waals surface area contributed by atoms with E-state index in [0.29, 0.717) is 5.02 Å². The highest BCUT2D eigenvalue weighted by molar-refractivity contribution is 6.30. The number of hydrogen-bond donors (Lipinski definition) is 2. The molecule has 4 nitrogen and oxygen atoms in total. The fourth-order valence-electron chi connectivity index (χ4n) is 3.03. The minimum absolute atomic E-state index is 0.0300. The zero-order chi connectivity index (χ0) is 17.4. The molecule has 1 aliphatic heterocycles. The number of nitrogens with one attached hydrogen (secondary N) is 2. The monoisotopic (exact) mass is 351 g/mol. The van der Waals surface area contributed by atoms with E-state index in [-0.39, 0.29) is 12.1 Å². The Kier molecular flexibility index (Phi) is 7.86. The van der Waals surface area contributed by atoms with Gasteiger partial charge in [-0.15, -0.1) is 0 Å². The third-order valence-electron chi connectivity index (χ3n) is 4.78. The molecule has 2 N–H and O–H groups in total. The Labute approximate surface area is 150 Å². The molecule has 1 fully saturated rings. The molecule has 1 atom stereocenters. The van der Waals surface area contributed by atoms with Crippen LogP contribution in [0.25, 0.3) is 0 Å². The van der Waals surface area contributed by atoms with Gasteiger partial charge in [-0.05, 0) is 75.9 Å². The molecule has 0 bridgehead atoms. The summed E-state index contributed by atoms with van der Waals surface area (Å²) in [5, 5.41) is 6.61. The van der Waals surface area contributed by atoms with Gasteiger partial charge in [0.2, 0.25) is 0 Å². The number of hydrogen-bond acceptors (Lipinski definition) is 2. The molecule has 0 saturated carbocycles. The Morgan fingerprint density at radius 3 is 2.58 bits per heavy atom. The van der Waals surface area contributed by atoms with Crippen molar-refractivity contribution in [3.63, 3.8) is 0 Å². The minimum atomic E-state index is -0.107. The van der Waals surface area contributed by atoms with E-state index in [2.05, 4.69) is 22.5 Å². The predicted molar refractivity (Wildman–Crippen MR) is 100 cm³/mol. The highest BCUT2D eigenvalue weighted by Gasteiger charge is 2.14. The molecule has 0 aliphatic carbocycles. The number of urea groups is 1. The van der Waals surface area contributed by atoms with Crippen LogP contribution in [0, 0.1) is 5.92 Å². The second kappa shape index (κ2) is 9.90. The highest BCUT2D eigenvalue weighted by Crippen LogP contribution is 2.16. The molecule has 1 aliphatic rings. The van der Waals surface area contributed by atoms with Gasteiger partial charge in [-0.2, -0.15) is 0 Å². The van der Waals surface area contributed by atoms with Crippen LogP contribution < -0.4 is 10.6 Å². The molecule has 1 aromatic rings. The van der Waals surface area contributed by atoms with Crippen LogP contribution in [0.5, 0.6) is 0 Å². The average Bonchev–Trinajstić information content (AvgIpc) is 2.56.